The largest absolute Gasteiger partial charge is 0.294 e. The van der Waals surface area contributed by atoms with Gasteiger partial charge in [-0.3, -0.25) is 4.57 Å². The Morgan fingerprint density at radius 1 is 0.480 bits per heavy atom. The van der Waals surface area contributed by atoms with Gasteiger partial charge in [0.05, 0.1) is 26.9 Å². The molecule has 0 aliphatic rings. The van der Waals surface area contributed by atoms with Gasteiger partial charge >= 0.3 is 0 Å². The Morgan fingerprint density at radius 2 is 1.08 bits per heavy atom. The van der Waals surface area contributed by atoms with Gasteiger partial charge in [0.15, 0.2) is 5.82 Å². The monoisotopic (exact) mass is 654 g/mol. The van der Waals surface area contributed by atoms with Crippen molar-refractivity contribution in [3.05, 3.63) is 158 Å². The first-order valence-electron chi connectivity index (χ1n) is 16.8. The van der Waals surface area contributed by atoms with Gasteiger partial charge in [-0.1, -0.05) is 115 Å². The summed E-state index contributed by atoms with van der Waals surface area (Å²) < 4.78 is 4.60. The van der Waals surface area contributed by atoms with Crippen LogP contribution < -0.4 is 0 Å². The highest BCUT2D eigenvalue weighted by atomic mass is 32.1. The van der Waals surface area contributed by atoms with Crippen LogP contribution >= 0.6 is 11.3 Å². The van der Waals surface area contributed by atoms with Crippen LogP contribution in [0.15, 0.2) is 158 Å². The number of hydrogen-bond donors (Lipinski definition) is 0. The van der Waals surface area contributed by atoms with Crippen LogP contribution in [-0.2, 0) is 0 Å². The van der Waals surface area contributed by atoms with E-state index in [4.69, 9.17) is 15.0 Å². The Morgan fingerprint density at radius 3 is 1.78 bits per heavy atom. The molecule has 11 aromatic rings. The van der Waals surface area contributed by atoms with Crippen LogP contribution in [0.4, 0.5) is 0 Å². The Kier molecular flexibility index (Phi) is 5.80. The van der Waals surface area contributed by atoms with Gasteiger partial charge in [0.25, 0.3) is 0 Å². The average molecular weight is 655 g/mol. The van der Waals surface area contributed by atoms with E-state index < -0.39 is 0 Å². The lowest BCUT2D eigenvalue weighted by Crippen LogP contribution is -1.99. The summed E-state index contributed by atoms with van der Waals surface area (Å²) in [5.41, 5.74) is 6.15. The molecule has 0 radical (unpaired) electrons. The minimum absolute atomic E-state index is 0.669. The second-order valence-corrected chi connectivity index (χ2v) is 13.9. The van der Waals surface area contributed by atoms with Crippen molar-refractivity contribution in [3.63, 3.8) is 0 Å². The van der Waals surface area contributed by atoms with E-state index in [-0.39, 0.29) is 0 Å². The molecule has 50 heavy (non-hydrogen) atoms. The van der Waals surface area contributed by atoms with E-state index in [1.54, 1.807) is 11.3 Å². The number of pyridine rings is 1. The molecule has 0 N–H and O–H groups in total. The quantitative estimate of drug-likeness (QED) is 0.190. The van der Waals surface area contributed by atoms with Gasteiger partial charge in [0.2, 0.25) is 0 Å². The first-order valence-corrected chi connectivity index (χ1v) is 17.6. The number of nitrogens with zero attached hydrogens (tertiary/aromatic N) is 4. The smallest absolute Gasteiger partial charge is 0.162 e. The Hall–Kier alpha value is -6.43. The summed E-state index contributed by atoms with van der Waals surface area (Å²) in [6.45, 7) is 0. The lowest BCUT2D eigenvalue weighted by Gasteiger charge is -2.10. The number of rotatable bonds is 3. The molecule has 0 atom stereocenters. The molecule has 0 unspecified atom stereocenters. The van der Waals surface area contributed by atoms with Gasteiger partial charge in [-0.2, -0.15) is 0 Å². The number of thiophene rings is 1. The summed E-state index contributed by atoms with van der Waals surface area (Å²) in [7, 11) is 0. The molecular formula is C45H26N4S. The maximum absolute atomic E-state index is 5.26. The van der Waals surface area contributed by atoms with Crippen molar-refractivity contribution in [1.29, 1.82) is 0 Å². The normalized spacial score (nSPS) is 12.0. The Balaban J connectivity index is 1.13. The first kappa shape index (κ1) is 27.5. The number of aromatic nitrogens is 4. The van der Waals surface area contributed by atoms with Gasteiger partial charge in [0.1, 0.15) is 5.82 Å². The fraction of sp³-hybridized carbons (Fsp3) is 0. The maximum Gasteiger partial charge on any atom is 0.162 e. The standard InChI is InChI=1S/C45H26N4S/c1-2-12-30-25-31(18-17-27(30)9-1)42-44-43(35-15-7-8-16-38(35)50-44)48-45(47-42)32-21-24-39(46-26-32)49-36-22-19-28-10-3-5-13-33(28)40(36)41-34-14-6-4-11-29(34)20-23-37(41)49/h1-26H. The molecule has 4 aromatic heterocycles. The SMILES string of the molecule is c1ccc2cc(-c3nc(-c4ccc(-n5c6ccc7ccccc7c6c6c7ccccc7ccc65)nc4)nc4c3sc3ccccc34)ccc2c1. The average Bonchev–Trinajstić information content (AvgIpc) is 3.74. The maximum atomic E-state index is 5.26. The molecule has 0 spiro atoms. The third-order valence-electron chi connectivity index (χ3n) is 10.0. The van der Waals surface area contributed by atoms with Crippen LogP contribution in [0.25, 0.3) is 103 Å². The van der Waals surface area contributed by atoms with Gasteiger partial charge in [0, 0.05) is 38.2 Å². The zero-order chi connectivity index (χ0) is 32.8. The molecule has 0 saturated heterocycles. The van der Waals surface area contributed by atoms with Crippen LogP contribution in [-0.4, -0.2) is 19.5 Å². The summed E-state index contributed by atoms with van der Waals surface area (Å²) in [5, 5.41) is 11.0. The van der Waals surface area contributed by atoms with E-state index >= 15 is 0 Å². The fourth-order valence-electron chi connectivity index (χ4n) is 7.70. The highest BCUT2D eigenvalue weighted by Crippen LogP contribution is 2.42. The van der Waals surface area contributed by atoms with Crippen molar-refractivity contribution < 1.29 is 0 Å². The van der Waals surface area contributed by atoms with Crippen molar-refractivity contribution in [3.8, 4) is 28.5 Å². The van der Waals surface area contributed by atoms with Gasteiger partial charge in [-0.25, -0.2) is 15.0 Å². The molecule has 0 aliphatic heterocycles. The second kappa shape index (κ2) is 10.5. The van der Waals surface area contributed by atoms with Gasteiger partial charge in [-0.05, 0) is 68.7 Å². The molecule has 0 bridgehead atoms. The van der Waals surface area contributed by atoms with Crippen molar-refractivity contribution in [1.82, 2.24) is 19.5 Å². The van der Waals surface area contributed by atoms with E-state index in [0.29, 0.717) is 5.82 Å². The zero-order valence-corrected chi connectivity index (χ0v) is 27.5. The molecule has 7 aromatic carbocycles. The predicted molar refractivity (Wildman–Crippen MR) is 210 cm³/mol. The van der Waals surface area contributed by atoms with Crippen LogP contribution in [0.3, 0.4) is 0 Å². The third kappa shape index (κ3) is 4.01. The Labute approximate surface area is 290 Å². The lowest BCUT2D eigenvalue weighted by molar-refractivity contribution is 1.08. The first-order chi connectivity index (χ1) is 24.8. The zero-order valence-electron chi connectivity index (χ0n) is 26.7. The summed E-state index contributed by atoms with van der Waals surface area (Å²) in [6, 6.07) is 54.0. The lowest BCUT2D eigenvalue weighted by atomic mass is 10.00. The van der Waals surface area contributed by atoms with Crippen molar-refractivity contribution >= 4 is 85.8 Å². The minimum atomic E-state index is 0.669. The molecule has 5 heteroatoms. The van der Waals surface area contributed by atoms with Crippen LogP contribution in [0, 0.1) is 0 Å². The van der Waals surface area contributed by atoms with E-state index in [2.05, 4.69) is 156 Å². The topological polar surface area (TPSA) is 43.6 Å². The molecule has 4 nitrogen and oxygen atoms in total. The molecule has 0 amide bonds. The highest BCUT2D eigenvalue weighted by Gasteiger charge is 2.20. The number of benzene rings is 7. The van der Waals surface area contributed by atoms with E-state index in [9.17, 15) is 0 Å². The highest BCUT2D eigenvalue weighted by molar-refractivity contribution is 7.26. The van der Waals surface area contributed by atoms with Crippen molar-refractivity contribution in [2.75, 3.05) is 0 Å². The predicted octanol–water partition coefficient (Wildman–Crippen LogP) is 12.1. The molecule has 232 valence electrons. The van der Waals surface area contributed by atoms with E-state index in [1.165, 1.54) is 47.8 Å². The molecule has 0 fully saturated rings. The van der Waals surface area contributed by atoms with Crippen molar-refractivity contribution in [2.24, 2.45) is 0 Å². The summed E-state index contributed by atoms with van der Waals surface area (Å²) >= 11 is 1.75. The molecule has 0 saturated carbocycles. The molecule has 0 aliphatic carbocycles. The second-order valence-electron chi connectivity index (χ2n) is 12.8. The summed E-state index contributed by atoms with van der Waals surface area (Å²) in [6.07, 6.45) is 1.93. The van der Waals surface area contributed by atoms with E-state index in [1.807, 2.05) is 6.20 Å². The number of hydrogen-bond acceptors (Lipinski definition) is 4. The Bertz CT molecular complexity index is 3060. The summed E-state index contributed by atoms with van der Waals surface area (Å²) in [5.74, 6) is 1.53. The van der Waals surface area contributed by atoms with Crippen LogP contribution in [0.2, 0.25) is 0 Å². The minimum Gasteiger partial charge on any atom is -0.294 e. The van der Waals surface area contributed by atoms with Crippen molar-refractivity contribution in [2.45, 2.75) is 0 Å². The van der Waals surface area contributed by atoms with E-state index in [0.717, 1.165) is 49.3 Å². The van der Waals surface area contributed by atoms with Crippen LogP contribution in [0.5, 0.6) is 0 Å². The third-order valence-corrected chi connectivity index (χ3v) is 11.2. The van der Waals surface area contributed by atoms with Crippen LogP contribution in [0.1, 0.15) is 0 Å². The molecular weight excluding hydrogens is 629 g/mol. The van der Waals surface area contributed by atoms with Gasteiger partial charge < -0.3 is 0 Å². The fourth-order valence-corrected chi connectivity index (χ4v) is 8.85. The number of fused-ring (bicyclic) bond motifs is 11. The molecule has 11 rings (SSSR count). The summed E-state index contributed by atoms with van der Waals surface area (Å²) in [4.78, 5) is 15.6. The molecule has 4 heterocycles. The van der Waals surface area contributed by atoms with Gasteiger partial charge in [-0.15, -0.1) is 11.3 Å².